The monoisotopic (exact) mass is 452 g/mol. The molecule has 96 valence electrons. The van der Waals surface area contributed by atoms with E-state index < -0.39 is 31.0 Å². The minimum absolute atomic E-state index is 0.100. The Morgan fingerprint density at radius 3 is 2.28 bits per heavy atom. The molecule has 3 aliphatic carbocycles. The zero-order valence-corrected chi connectivity index (χ0v) is 14.4. The Morgan fingerprint density at radius 1 is 1.17 bits per heavy atom. The normalized spacial score (nSPS) is 50.1. The molecule has 0 amide bonds. The molecule has 0 aromatic heterocycles. The van der Waals surface area contributed by atoms with Crippen molar-refractivity contribution in [3.05, 3.63) is 21.2 Å². The van der Waals surface area contributed by atoms with E-state index in [1.165, 1.54) is 6.08 Å². The second-order valence-electron chi connectivity index (χ2n) is 4.38. The van der Waals surface area contributed by atoms with Crippen LogP contribution in [0.4, 0.5) is 0 Å². The molecule has 0 radical (unpaired) electrons. The largest absolute Gasteiger partial charge is 0.295 e. The van der Waals surface area contributed by atoms with Crippen LogP contribution in [0.15, 0.2) is 21.2 Å². The van der Waals surface area contributed by atoms with Gasteiger partial charge in [0, 0.05) is 16.0 Å². The van der Waals surface area contributed by atoms with E-state index in [0.717, 1.165) is 0 Å². The van der Waals surface area contributed by atoms with Crippen LogP contribution in [0.25, 0.3) is 0 Å². The number of Topliss-reactive ketones (excluding diaryl/α,β-unsaturated/α-hetero) is 2. The molecule has 8 heteroatoms. The lowest BCUT2D eigenvalue weighted by Crippen LogP contribution is -2.52. The number of carbonyl (C=O) groups is 2. The Labute approximate surface area is 139 Å². The van der Waals surface area contributed by atoms with Crippen LogP contribution in [0.5, 0.6) is 0 Å². The molecule has 2 nitrogen and oxygen atoms in total. The number of allylic oxidation sites excluding steroid dienone is 4. The number of rotatable bonds is 0. The van der Waals surface area contributed by atoms with Gasteiger partial charge in [-0.2, -0.15) is 0 Å². The van der Waals surface area contributed by atoms with Crippen LogP contribution in [-0.2, 0) is 9.59 Å². The summed E-state index contributed by atoms with van der Waals surface area (Å²) in [4.78, 5) is 23.0. The smallest absolute Gasteiger partial charge is 0.195 e. The molecule has 3 rings (SSSR count). The van der Waals surface area contributed by atoms with E-state index in [0.29, 0.717) is 0 Å². The standard InChI is InChI=1S/C10H2Br2Cl4O2/c11-8-1-2(13)10(16,7(8)18)9(12)5(8)3(14)4(15)6(9)17/h1,5H. The van der Waals surface area contributed by atoms with Gasteiger partial charge in [0.25, 0.3) is 0 Å². The summed E-state index contributed by atoms with van der Waals surface area (Å²) in [5.41, 5.74) is 0. The topological polar surface area (TPSA) is 34.1 Å². The fraction of sp³-hybridized carbons (Fsp3) is 0.400. The molecule has 4 atom stereocenters. The first-order valence-corrected chi connectivity index (χ1v) is 7.83. The third-order valence-corrected chi connectivity index (χ3v) is 8.37. The SMILES string of the molecule is O=C1C2(Br)C=C(Cl)C1(Cl)C1(Br)C(=O)C(Cl)=C(Cl)C21. The predicted molar refractivity (Wildman–Crippen MR) is 78.1 cm³/mol. The summed E-state index contributed by atoms with van der Waals surface area (Å²) >= 11 is 31.0. The van der Waals surface area contributed by atoms with E-state index in [9.17, 15) is 9.59 Å². The third-order valence-electron chi connectivity index (χ3n) is 3.64. The van der Waals surface area contributed by atoms with Gasteiger partial charge in [0.1, 0.15) is 13.7 Å². The first-order chi connectivity index (χ1) is 8.13. The van der Waals surface area contributed by atoms with Crippen molar-refractivity contribution < 1.29 is 9.59 Å². The summed E-state index contributed by atoms with van der Waals surface area (Å²) < 4.78 is -2.62. The molecule has 0 saturated heterocycles. The number of fused-ring (bicyclic) bond motifs is 5. The van der Waals surface area contributed by atoms with Crippen molar-refractivity contribution in [1.29, 1.82) is 0 Å². The van der Waals surface area contributed by atoms with Crippen molar-refractivity contribution >= 4 is 89.8 Å². The molecule has 3 aliphatic rings. The van der Waals surface area contributed by atoms with Crippen LogP contribution >= 0.6 is 78.3 Å². The Kier molecular flexibility index (Phi) is 2.76. The Hall–Kier alpha value is 0.940. The number of carbonyl (C=O) groups excluding carboxylic acids is 2. The predicted octanol–water partition coefficient (Wildman–Crippen LogP) is 3.84. The maximum Gasteiger partial charge on any atom is 0.195 e. The van der Waals surface area contributed by atoms with Gasteiger partial charge in [-0.3, -0.25) is 9.59 Å². The van der Waals surface area contributed by atoms with Crippen molar-refractivity contribution in [2.45, 2.75) is 13.5 Å². The molecule has 0 N–H and O–H groups in total. The summed E-state index contributed by atoms with van der Waals surface area (Å²) in [6.45, 7) is 0. The van der Waals surface area contributed by atoms with E-state index in [1.807, 2.05) is 0 Å². The lowest BCUT2D eigenvalue weighted by molar-refractivity contribution is -0.122. The van der Waals surface area contributed by atoms with Crippen molar-refractivity contribution in [2.75, 3.05) is 0 Å². The molecule has 0 heterocycles. The molecule has 2 bridgehead atoms. The fourth-order valence-corrected chi connectivity index (χ4v) is 7.62. The van der Waals surface area contributed by atoms with E-state index in [2.05, 4.69) is 31.9 Å². The number of hydrogen-bond donors (Lipinski definition) is 0. The van der Waals surface area contributed by atoms with Gasteiger partial charge >= 0.3 is 0 Å². The zero-order valence-electron chi connectivity index (χ0n) is 8.24. The molecule has 1 saturated carbocycles. The fourth-order valence-electron chi connectivity index (χ4n) is 2.81. The zero-order chi connectivity index (χ0) is 13.7. The van der Waals surface area contributed by atoms with E-state index in [1.54, 1.807) is 0 Å². The summed E-state index contributed by atoms with van der Waals surface area (Å²) in [6, 6.07) is 0. The summed E-state index contributed by atoms with van der Waals surface area (Å²) in [6.07, 6.45) is 1.49. The Balaban J connectivity index is 2.39. The molecule has 0 aromatic carbocycles. The molecule has 0 spiro atoms. The van der Waals surface area contributed by atoms with Gasteiger partial charge in [-0.25, -0.2) is 0 Å². The lowest BCUT2D eigenvalue weighted by atomic mass is 9.84. The molecule has 1 fully saturated rings. The number of halogens is 6. The first kappa shape index (κ1) is 13.9. The second kappa shape index (κ2) is 3.58. The Morgan fingerprint density at radius 2 is 1.72 bits per heavy atom. The van der Waals surface area contributed by atoms with E-state index in [4.69, 9.17) is 46.4 Å². The van der Waals surface area contributed by atoms with Gasteiger partial charge < -0.3 is 0 Å². The van der Waals surface area contributed by atoms with Gasteiger partial charge in [-0.15, -0.1) is 11.6 Å². The molecule has 0 aliphatic heterocycles. The summed E-state index contributed by atoms with van der Waals surface area (Å²) in [7, 11) is 0. The summed E-state index contributed by atoms with van der Waals surface area (Å²) in [5.74, 6) is -1.62. The molecular weight excluding hydrogens is 454 g/mol. The number of alkyl halides is 3. The van der Waals surface area contributed by atoms with Crippen LogP contribution in [0.1, 0.15) is 0 Å². The minimum atomic E-state index is -1.67. The third kappa shape index (κ3) is 1.09. The van der Waals surface area contributed by atoms with Crippen LogP contribution in [0.3, 0.4) is 0 Å². The average molecular weight is 456 g/mol. The van der Waals surface area contributed by atoms with Crippen molar-refractivity contribution in [3.8, 4) is 0 Å². The maximum absolute atomic E-state index is 12.4. The summed E-state index contributed by atoms with van der Waals surface area (Å²) in [5, 5.41) is 0.106. The highest BCUT2D eigenvalue weighted by Gasteiger charge is 2.83. The van der Waals surface area contributed by atoms with Crippen LogP contribution < -0.4 is 0 Å². The van der Waals surface area contributed by atoms with Gasteiger partial charge in [0.2, 0.25) is 0 Å². The van der Waals surface area contributed by atoms with Gasteiger partial charge in [0.15, 0.2) is 16.4 Å². The molecule has 4 unspecified atom stereocenters. The van der Waals surface area contributed by atoms with E-state index in [-0.39, 0.29) is 15.1 Å². The quantitative estimate of drug-likeness (QED) is 0.520. The molecule has 0 aromatic rings. The highest BCUT2D eigenvalue weighted by atomic mass is 79.9. The number of ketones is 2. The van der Waals surface area contributed by atoms with Gasteiger partial charge in [0.05, 0.1) is 0 Å². The van der Waals surface area contributed by atoms with Crippen LogP contribution in [0.2, 0.25) is 0 Å². The van der Waals surface area contributed by atoms with Crippen LogP contribution in [-0.4, -0.2) is 25.1 Å². The van der Waals surface area contributed by atoms with E-state index >= 15 is 0 Å². The highest BCUT2D eigenvalue weighted by molar-refractivity contribution is 9.11. The molecular formula is C10H2Br2Cl4O2. The second-order valence-corrected chi connectivity index (χ2v) is 8.71. The lowest BCUT2D eigenvalue weighted by Gasteiger charge is -2.36. The van der Waals surface area contributed by atoms with Gasteiger partial charge in [-0.1, -0.05) is 66.7 Å². The van der Waals surface area contributed by atoms with Crippen molar-refractivity contribution in [2.24, 2.45) is 5.92 Å². The van der Waals surface area contributed by atoms with Gasteiger partial charge in [-0.05, 0) is 6.08 Å². The average Bonchev–Trinajstić information content (AvgIpc) is 2.64. The highest BCUT2D eigenvalue weighted by Crippen LogP contribution is 2.72. The van der Waals surface area contributed by atoms with Crippen LogP contribution in [0, 0.1) is 5.92 Å². The first-order valence-electron chi connectivity index (χ1n) is 4.74. The number of hydrogen-bond acceptors (Lipinski definition) is 2. The van der Waals surface area contributed by atoms with Crippen molar-refractivity contribution in [3.63, 3.8) is 0 Å². The van der Waals surface area contributed by atoms with Crippen molar-refractivity contribution in [1.82, 2.24) is 0 Å². The minimum Gasteiger partial charge on any atom is -0.295 e. The molecule has 18 heavy (non-hydrogen) atoms. The Bertz CT molecular complexity index is 601. The maximum atomic E-state index is 12.4.